The van der Waals surface area contributed by atoms with Gasteiger partial charge in [-0.1, -0.05) is 0 Å². The van der Waals surface area contributed by atoms with E-state index in [1.807, 2.05) is 18.0 Å². The van der Waals surface area contributed by atoms with Crippen LogP contribution >= 0.6 is 0 Å². The standard InChI is InChI=1S/C22H23FN6O2S/c1-13-6-14(8-24)9-26-18(13)19(30)27-15-4-5-17(23)16(7-15)21(2)12-32(31)22(20(25)28-21)10-29(3)11-22/h4-7,9H,10-12H2,1-3H3,(H2,25,28)(H,27,30)/t21-,32?/m0/s1. The van der Waals surface area contributed by atoms with Gasteiger partial charge >= 0.3 is 0 Å². The number of nitrogens with zero attached hydrogens (tertiary/aromatic N) is 4. The van der Waals surface area contributed by atoms with Crippen molar-refractivity contribution in [1.29, 1.82) is 5.26 Å². The van der Waals surface area contributed by atoms with Crippen LogP contribution in [0.5, 0.6) is 0 Å². The Balaban J connectivity index is 1.64. The minimum Gasteiger partial charge on any atom is -0.386 e. The summed E-state index contributed by atoms with van der Waals surface area (Å²) in [6, 6.07) is 7.72. The number of amides is 1. The lowest BCUT2D eigenvalue weighted by molar-refractivity contribution is 0.102. The van der Waals surface area contributed by atoms with Crippen molar-refractivity contribution in [3.8, 4) is 6.07 Å². The molecule has 2 aliphatic rings. The van der Waals surface area contributed by atoms with Gasteiger partial charge in [0.25, 0.3) is 5.91 Å². The summed E-state index contributed by atoms with van der Waals surface area (Å²) >= 11 is 0. The summed E-state index contributed by atoms with van der Waals surface area (Å²) in [5.74, 6) is -0.602. The van der Waals surface area contributed by atoms with Gasteiger partial charge in [-0.2, -0.15) is 5.26 Å². The third-order valence-corrected chi connectivity index (χ3v) is 8.12. The minimum absolute atomic E-state index is 0.131. The number of halogens is 1. The molecule has 0 aliphatic carbocycles. The van der Waals surface area contributed by atoms with E-state index < -0.39 is 32.8 Å². The van der Waals surface area contributed by atoms with Gasteiger partial charge in [-0.3, -0.25) is 14.0 Å². The first-order valence-corrected chi connectivity index (χ1v) is 11.3. The number of nitrogens with one attached hydrogen (secondary N) is 1. The summed E-state index contributed by atoms with van der Waals surface area (Å²) in [7, 11) is 0.589. The van der Waals surface area contributed by atoms with Gasteiger partial charge in [0, 0.05) is 41.3 Å². The molecule has 1 aromatic heterocycles. The van der Waals surface area contributed by atoms with Gasteiger partial charge < -0.3 is 16.0 Å². The zero-order valence-corrected chi connectivity index (χ0v) is 18.8. The fraction of sp³-hybridized carbons (Fsp3) is 0.364. The van der Waals surface area contributed by atoms with E-state index in [2.05, 4.69) is 15.3 Å². The van der Waals surface area contributed by atoms with E-state index in [0.29, 0.717) is 29.9 Å². The Bertz CT molecular complexity index is 1220. The van der Waals surface area contributed by atoms with Gasteiger partial charge in [0.1, 0.15) is 28.2 Å². The molecule has 2 aromatic rings. The van der Waals surface area contributed by atoms with Crippen LogP contribution in [0, 0.1) is 24.1 Å². The third kappa shape index (κ3) is 3.57. The molecule has 8 nitrogen and oxygen atoms in total. The normalized spacial score (nSPS) is 24.3. The third-order valence-electron chi connectivity index (χ3n) is 5.96. The Kier molecular flexibility index (Phi) is 5.35. The highest BCUT2D eigenvalue weighted by Gasteiger charge is 2.55. The van der Waals surface area contributed by atoms with Crippen molar-refractivity contribution in [3.63, 3.8) is 0 Å². The highest BCUT2D eigenvalue weighted by molar-refractivity contribution is 7.87. The number of hydrogen-bond donors (Lipinski definition) is 2. The second-order valence-corrected chi connectivity index (χ2v) is 10.3. The Labute approximate surface area is 187 Å². The molecule has 0 radical (unpaired) electrons. The molecule has 4 rings (SSSR count). The number of hydrogen-bond acceptors (Lipinski definition) is 7. The molecule has 1 unspecified atom stereocenters. The number of pyridine rings is 1. The largest absolute Gasteiger partial charge is 0.386 e. The molecule has 2 atom stereocenters. The van der Waals surface area contributed by atoms with Crippen LogP contribution in [0.4, 0.5) is 10.1 Å². The fourth-order valence-electron chi connectivity index (χ4n) is 4.26. The average Bonchev–Trinajstić information content (AvgIpc) is 2.71. The van der Waals surface area contributed by atoms with E-state index in [-0.39, 0.29) is 22.8 Å². The summed E-state index contributed by atoms with van der Waals surface area (Å²) in [6.07, 6.45) is 1.32. The van der Waals surface area contributed by atoms with Crippen LogP contribution in [-0.2, 0) is 16.3 Å². The number of amidine groups is 1. The quantitative estimate of drug-likeness (QED) is 0.727. The Hall–Kier alpha value is -3.16. The molecule has 2 aliphatic heterocycles. The SMILES string of the molecule is Cc1cc(C#N)cnc1C(=O)Nc1ccc(F)c([C@]2(C)CS(=O)C3(CN(C)C3)C(N)=N2)c1. The number of nitrogens with two attached hydrogens (primary N) is 1. The highest BCUT2D eigenvalue weighted by Crippen LogP contribution is 2.40. The van der Waals surface area contributed by atoms with Gasteiger partial charge in [-0.15, -0.1) is 0 Å². The molecule has 32 heavy (non-hydrogen) atoms. The molecule has 3 heterocycles. The molecule has 1 amide bonds. The first-order valence-electron chi connectivity index (χ1n) is 9.99. The predicted octanol–water partition coefficient (Wildman–Crippen LogP) is 1.67. The van der Waals surface area contributed by atoms with E-state index in [1.54, 1.807) is 19.9 Å². The second-order valence-electron chi connectivity index (χ2n) is 8.58. The summed E-state index contributed by atoms with van der Waals surface area (Å²) in [5.41, 5.74) is 6.73. The number of anilines is 1. The maximum Gasteiger partial charge on any atom is 0.274 e. The lowest BCUT2D eigenvalue weighted by atomic mass is 9.91. The number of benzene rings is 1. The van der Waals surface area contributed by atoms with Crippen LogP contribution in [0.15, 0.2) is 35.5 Å². The van der Waals surface area contributed by atoms with E-state index >= 15 is 0 Å². The molecule has 1 spiro atoms. The fourth-order valence-corrected chi connectivity index (χ4v) is 6.27. The molecule has 0 saturated carbocycles. The molecule has 10 heteroatoms. The number of aryl methyl sites for hydroxylation is 1. The Morgan fingerprint density at radius 1 is 1.38 bits per heavy atom. The Morgan fingerprint density at radius 2 is 2.09 bits per heavy atom. The van der Waals surface area contributed by atoms with Crippen LogP contribution in [-0.4, -0.2) is 56.5 Å². The molecular weight excluding hydrogens is 431 g/mol. The van der Waals surface area contributed by atoms with Gasteiger partial charge in [-0.25, -0.2) is 9.37 Å². The Morgan fingerprint density at radius 3 is 2.69 bits per heavy atom. The summed E-state index contributed by atoms with van der Waals surface area (Å²) in [6.45, 7) is 4.49. The lowest BCUT2D eigenvalue weighted by Gasteiger charge is -2.51. The van der Waals surface area contributed by atoms with Crippen LogP contribution < -0.4 is 11.1 Å². The number of carbonyl (C=O) groups excluding carboxylic acids is 1. The number of aromatic nitrogens is 1. The molecule has 166 valence electrons. The van der Waals surface area contributed by atoms with Crippen LogP contribution in [0.1, 0.15) is 34.1 Å². The first-order chi connectivity index (χ1) is 15.1. The molecule has 3 N–H and O–H groups in total. The zero-order chi connectivity index (χ0) is 23.3. The van der Waals surface area contributed by atoms with Crippen molar-refractivity contribution < 1.29 is 13.4 Å². The van der Waals surface area contributed by atoms with Gasteiger partial charge in [0.15, 0.2) is 0 Å². The predicted molar refractivity (Wildman–Crippen MR) is 120 cm³/mol. The minimum atomic E-state index is -1.33. The maximum absolute atomic E-state index is 14.8. The highest BCUT2D eigenvalue weighted by atomic mass is 32.2. The van der Waals surface area contributed by atoms with E-state index in [1.165, 1.54) is 24.4 Å². The van der Waals surface area contributed by atoms with Crippen molar-refractivity contribution in [3.05, 3.63) is 58.7 Å². The lowest BCUT2D eigenvalue weighted by Crippen LogP contribution is -2.71. The molecular formula is C22H23FN6O2S. The monoisotopic (exact) mass is 454 g/mol. The van der Waals surface area contributed by atoms with Crippen LogP contribution in [0.25, 0.3) is 0 Å². The maximum atomic E-state index is 14.8. The van der Waals surface area contributed by atoms with E-state index in [9.17, 15) is 13.4 Å². The topological polar surface area (TPSA) is 124 Å². The number of rotatable bonds is 3. The van der Waals surface area contributed by atoms with E-state index in [0.717, 1.165) is 0 Å². The van der Waals surface area contributed by atoms with Crippen LogP contribution in [0.3, 0.4) is 0 Å². The van der Waals surface area contributed by atoms with Gasteiger partial charge in [0.2, 0.25) is 0 Å². The van der Waals surface area contributed by atoms with Gasteiger partial charge in [-0.05, 0) is 50.7 Å². The number of aliphatic imine (C=N–C) groups is 1. The molecule has 0 bridgehead atoms. The van der Waals surface area contributed by atoms with Crippen molar-refractivity contribution >= 4 is 28.2 Å². The number of likely N-dealkylation sites (tertiary alicyclic amines) is 1. The number of carbonyl (C=O) groups is 1. The van der Waals surface area contributed by atoms with Crippen LogP contribution in [0.2, 0.25) is 0 Å². The molecule has 1 saturated heterocycles. The smallest absolute Gasteiger partial charge is 0.274 e. The second kappa shape index (κ2) is 7.76. The molecule has 1 aromatic carbocycles. The van der Waals surface area contributed by atoms with Crippen molar-refractivity contribution in [2.24, 2.45) is 10.7 Å². The summed E-state index contributed by atoms with van der Waals surface area (Å²) < 4.78 is 27.3. The van der Waals surface area contributed by atoms with Crippen molar-refractivity contribution in [2.45, 2.75) is 24.1 Å². The van der Waals surface area contributed by atoms with Gasteiger partial charge in [0.05, 0.1) is 16.9 Å². The zero-order valence-electron chi connectivity index (χ0n) is 18.0. The number of nitriles is 1. The van der Waals surface area contributed by atoms with Crippen molar-refractivity contribution in [1.82, 2.24) is 9.88 Å². The summed E-state index contributed by atoms with van der Waals surface area (Å²) in [4.78, 5) is 23.4. The summed E-state index contributed by atoms with van der Waals surface area (Å²) in [5, 5.41) is 11.7. The van der Waals surface area contributed by atoms with Crippen molar-refractivity contribution in [2.75, 3.05) is 31.2 Å². The van der Waals surface area contributed by atoms with E-state index in [4.69, 9.17) is 11.0 Å². The molecule has 1 fully saturated rings. The average molecular weight is 455 g/mol. The first kappa shape index (κ1) is 22.0.